The minimum Gasteiger partial charge on any atom is -0.338 e. The van der Waals surface area contributed by atoms with Crippen molar-refractivity contribution in [3.05, 3.63) is 107 Å². The molecule has 0 radical (unpaired) electrons. The zero-order chi connectivity index (χ0) is 30.2. The molecule has 10 nitrogen and oxygen atoms in total. The number of fused-ring (bicyclic) bond motifs is 1. The number of benzene rings is 1. The van der Waals surface area contributed by atoms with Crippen LogP contribution in [0.4, 0.5) is 8.78 Å². The normalized spacial score (nSPS) is 13.9. The van der Waals surface area contributed by atoms with E-state index >= 15 is 0 Å². The van der Waals surface area contributed by atoms with E-state index in [1.807, 2.05) is 17.0 Å². The summed E-state index contributed by atoms with van der Waals surface area (Å²) in [6.45, 7) is 1.16. The molecule has 44 heavy (non-hydrogen) atoms. The summed E-state index contributed by atoms with van der Waals surface area (Å²) in [4.78, 5) is 40.9. The first-order valence-electron chi connectivity index (χ1n) is 14.0. The lowest BCUT2D eigenvalue weighted by molar-refractivity contribution is 0.0700. The molecule has 6 aromatic rings. The summed E-state index contributed by atoms with van der Waals surface area (Å²) in [5.74, 6) is -1.36. The van der Waals surface area contributed by atoms with Crippen molar-refractivity contribution in [1.82, 2.24) is 38.4 Å². The SMILES string of the molecule is O=C(Cc1cn2nc(-c3c(-c4ccc(F)cc4)ncn3C3CCN(C(=O)c4ccns4)CC3)ccc2n1)c1ccnc(F)c1. The fraction of sp³-hybridized carbons (Fsp3) is 0.194. The number of hydrogen-bond donors (Lipinski definition) is 0. The third-order valence-electron chi connectivity index (χ3n) is 7.71. The van der Waals surface area contributed by atoms with Crippen molar-refractivity contribution in [1.29, 1.82) is 0 Å². The highest BCUT2D eigenvalue weighted by atomic mass is 32.1. The molecule has 13 heteroatoms. The number of rotatable bonds is 7. The van der Waals surface area contributed by atoms with Crippen LogP contribution in [0.3, 0.4) is 0 Å². The minimum absolute atomic E-state index is 0.0145. The minimum atomic E-state index is -0.720. The number of hydrogen-bond acceptors (Lipinski definition) is 8. The average Bonchev–Trinajstić information content (AvgIpc) is 3.81. The maximum atomic E-state index is 13.8. The number of imidazole rings is 2. The van der Waals surface area contributed by atoms with Gasteiger partial charge in [-0.2, -0.15) is 9.49 Å². The lowest BCUT2D eigenvalue weighted by Crippen LogP contribution is -2.38. The second-order valence-corrected chi connectivity index (χ2v) is 11.3. The number of amides is 1. The van der Waals surface area contributed by atoms with E-state index in [0.717, 1.165) is 17.3 Å². The molecule has 1 aliphatic rings. The monoisotopic (exact) mass is 610 g/mol. The van der Waals surface area contributed by atoms with Crippen molar-refractivity contribution in [3.63, 3.8) is 0 Å². The van der Waals surface area contributed by atoms with Crippen LogP contribution in [-0.2, 0) is 6.42 Å². The van der Waals surface area contributed by atoms with Crippen LogP contribution < -0.4 is 0 Å². The van der Waals surface area contributed by atoms with Crippen LogP contribution in [-0.4, -0.2) is 63.2 Å². The maximum absolute atomic E-state index is 13.8. The Morgan fingerprint density at radius 3 is 2.52 bits per heavy atom. The number of carbonyl (C=O) groups is 2. The van der Waals surface area contributed by atoms with E-state index in [1.54, 1.807) is 41.4 Å². The fourth-order valence-corrected chi connectivity index (χ4v) is 6.09. The Morgan fingerprint density at radius 1 is 0.955 bits per heavy atom. The first kappa shape index (κ1) is 27.7. The molecule has 7 rings (SSSR count). The molecule has 1 saturated heterocycles. The highest BCUT2D eigenvalue weighted by Gasteiger charge is 2.28. The van der Waals surface area contributed by atoms with E-state index in [1.165, 1.54) is 35.9 Å². The lowest BCUT2D eigenvalue weighted by Gasteiger charge is -2.33. The molecule has 0 aliphatic carbocycles. The predicted molar refractivity (Wildman–Crippen MR) is 158 cm³/mol. The Kier molecular flexibility index (Phi) is 7.22. The van der Waals surface area contributed by atoms with E-state index in [0.29, 0.717) is 53.5 Å². The van der Waals surface area contributed by atoms with Gasteiger partial charge in [-0.3, -0.25) is 9.59 Å². The van der Waals surface area contributed by atoms with Crippen molar-refractivity contribution in [2.75, 3.05) is 13.1 Å². The van der Waals surface area contributed by atoms with Gasteiger partial charge in [0.25, 0.3) is 5.91 Å². The zero-order valence-corrected chi connectivity index (χ0v) is 24.0. The average molecular weight is 611 g/mol. The van der Waals surface area contributed by atoms with E-state index in [-0.39, 0.29) is 35.5 Å². The van der Waals surface area contributed by atoms with Gasteiger partial charge in [0.05, 0.1) is 36.0 Å². The highest BCUT2D eigenvalue weighted by molar-refractivity contribution is 7.08. The number of carbonyl (C=O) groups excluding carboxylic acids is 2. The van der Waals surface area contributed by atoms with Crippen LogP contribution in [0, 0.1) is 11.8 Å². The van der Waals surface area contributed by atoms with Gasteiger partial charge < -0.3 is 9.47 Å². The first-order chi connectivity index (χ1) is 21.4. The second-order valence-electron chi connectivity index (χ2n) is 10.5. The Bertz CT molecular complexity index is 1980. The number of piperidine rings is 1. The van der Waals surface area contributed by atoms with Crippen molar-refractivity contribution in [2.24, 2.45) is 0 Å². The number of Topliss-reactive ketones (excluding diaryl/α,β-unsaturated/α-hetero) is 1. The van der Waals surface area contributed by atoms with Gasteiger partial charge in [-0.25, -0.2) is 28.2 Å². The maximum Gasteiger partial charge on any atom is 0.265 e. The zero-order valence-electron chi connectivity index (χ0n) is 23.2. The number of likely N-dealkylation sites (tertiary alicyclic amines) is 1. The predicted octanol–water partition coefficient (Wildman–Crippen LogP) is 5.29. The van der Waals surface area contributed by atoms with Crippen molar-refractivity contribution in [3.8, 4) is 22.6 Å². The molecule has 0 saturated carbocycles. The summed E-state index contributed by atoms with van der Waals surface area (Å²) < 4.78 is 35.1. The Balaban J connectivity index is 1.20. The summed E-state index contributed by atoms with van der Waals surface area (Å²) in [5, 5.41) is 4.84. The summed E-state index contributed by atoms with van der Waals surface area (Å²) in [6.07, 6.45) is 7.74. The molecule has 6 heterocycles. The summed E-state index contributed by atoms with van der Waals surface area (Å²) in [5.41, 5.74) is 4.00. The van der Waals surface area contributed by atoms with Crippen LogP contribution in [0.5, 0.6) is 0 Å². The third-order valence-corrected chi connectivity index (χ3v) is 8.44. The smallest absolute Gasteiger partial charge is 0.265 e. The number of halogens is 2. The lowest BCUT2D eigenvalue weighted by atomic mass is 10.0. The summed E-state index contributed by atoms with van der Waals surface area (Å²) in [6, 6.07) is 14.2. The standard InChI is InChI=1S/C31H24F2N8O2S/c32-21-3-1-19(2-4-21)29-30(40(18-35-29)23-9-13-39(14-10-23)31(43)26-8-12-36-44-26)24-5-6-28-37-22(17-41(28)38-24)16-25(42)20-7-11-34-27(33)15-20/h1-8,11-12,15,17-18,23H,9-10,13-14,16H2. The third kappa shape index (κ3) is 5.37. The molecule has 1 amide bonds. The number of aromatic nitrogens is 7. The van der Waals surface area contributed by atoms with Gasteiger partial charge in [-0.1, -0.05) is 0 Å². The first-order valence-corrected chi connectivity index (χ1v) is 14.7. The molecular weight excluding hydrogens is 586 g/mol. The molecule has 0 spiro atoms. The van der Waals surface area contributed by atoms with E-state index in [4.69, 9.17) is 10.1 Å². The number of pyridine rings is 1. The van der Waals surface area contributed by atoms with E-state index in [2.05, 4.69) is 18.9 Å². The van der Waals surface area contributed by atoms with Gasteiger partial charge in [-0.05, 0) is 72.9 Å². The summed E-state index contributed by atoms with van der Waals surface area (Å²) in [7, 11) is 0. The van der Waals surface area contributed by atoms with Crippen LogP contribution in [0.1, 0.15) is 44.6 Å². The molecule has 0 atom stereocenters. The van der Waals surface area contributed by atoms with Gasteiger partial charge in [0.2, 0.25) is 5.95 Å². The largest absolute Gasteiger partial charge is 0.338 e. The van der Waals surface area contributed by atoms with Crippen molar-refractivity contribution < 1.29 is 18.4 Å². The second kappa shape index (κ2) is 11.5. The van der Waals surface area contributed by atoms with Crippen LogP contribution in [0.25, 0.3) is 28.3 Å². The molecule has 5 aromatic heterocycles. The molecule has 0 N–H and O–H groups in total. The molecular formula is C31H24F2N8O2S. The molecule has 220 valence electrons. The van der Waals surface area contributed by atoms with Crippen LogP contribution in [0.2, 0.25) is 0 Å². The van der Waals surface area contributed by atoms with Crippen LogP contribution in [0.15, 0.2) is 79.5 Å². The number of nitrogens with zero attached hydrogens (tertiary/aromatic N) is 8. The van der Waals surface area contributed by atoms with Gasteiger partial charge in [0.15, 0.2) is 11.4 Å². The highest BCUT2D eigenvalue weighted by Crippen LogP contribution is 2.35. The molecule has 0 bridgehead atoms. The van der Waals surface area contributed by atoms with Crippen molar-refractivity contribution in [2.45, 2.75) is 25.3 Å². The number of ketones is 1. The Hall–Kier alpha value is -5.17. The van der Waals surface area contributed by atoms with Crippen molar-refractivity contribution >= 4 is 28.9 Å². The fourth-order valence-electron chi connectivity index (χ4n) is 5.52. The van der Waals surface area contributed by atoms with Gasteiger partial charge in [-0.15, -0.1) is 0 Å². The van der Waals surface area contributed by atoms with E-state index < -0.39 is 5.95 Å². The van der Waals surface area contributed by atoms with Gasteiger partial charge in [0, 0.05) is 48.7 Å². The topological polar surface area (TPSA) is 111 Å². The Morgan fingerprint density at radius 2 is 1.77 bits per heavy atom. The Labute approximate surface area is 253 Å². The molecule has 1 aromatic carbocycles. The quantitative estimate of drug-likeness (QED) is 0.178. The van der Waals surface area contributed by atoms with Gasteiger partial charge >= 0.3 is 0 Å². The van der Waals surface area contributed by atoms with Gasteiger partial charge in [0.1, 0.15) is 16.4 Å². The van der Waals surface area contributed by atoms with E-state index in [9.17, 15) is 18.4 Å². The molecule has 0 unspecified atom stereocenters. The van der Waals surface area contributed by atoms with Crippen LogP contribution >= 0.6 is 11.5 Å². The molecule has 1 fully saturated rings. The molecule has 1 aliphatic heterocycles. The summed E-state index contributed by atoms with van der Waals surface area (Å²) >= 11 is 1.19.